The zero-order chi connectivity index (χ0) is 19.6. The molecule has 1 heterocycles. The molecule has 1 saturated heterocycles. The lowest BCUT2D eigenvalue weighted by Crippen LogP contribution is -2.44. The average molecular weight is 380 g/mol. The maximum atomic E-state index is 12.3. The molecular formula is C23H28N2O3. The minimum absolute atomic E-state index is 0.0189. The molecule has 1 aliphatic rings. The van der Waals surface area contributed by atoms with Crippen molar-refractivity contribution < 1.29 is 14.3 Å². The van der Waals surface area contributed by atoms with Crippen molar-refractivity contribution in [2.24, 2.45) is 5.92 Å². The summed E-state index contributed by atoms with van der Waals surface area (Å²) < 4.78 is 5.39. The van der Waals surface area contributed by atoms with Crippen LogP contribution in [0.2, 0.25) is 0 Å². The van der Waals surface area contributed by atoms with Gasteiger partial charge in [-0.1, -0.05) is 48.5 Å². The topological polar surface area (TPSA) is 58.6 Å². The lowest BCUT2D eigenvalue weighted by Gasteiger charge is -2.32. The fraction of sp³-hybridized carbons (Fsp3) is 0.391. The first-order valence-corrected chi connectivity index (χ1v) is 9.97. The first-order valence-electron chi connectivity index (χ1n) is 9.97. The van der Waals surface area contributed by atoms with Crippen molar-refractivity contribution in [2.75, 3.05) is 26.2 Å². The molecule has 1 N–H and O–H groups in total. The molecule has 0 aromatic heterocycles. The van der Waals surface area contributed by atoms with Crippen LogP contribution in [-0.4, -0.2) is 43.0 Å². The molecule has 3 rings (SSSR count). The maximum absolute atomic E-state index is 12.3. The highest BCUT2D eigenvalue weighted by atomic mass is 16.5. The van der Waals surface area contributed by atoms with Gasteiger partial charge in [-0.3, -0.25) is 9.59 Å². The number of para-hydroxylation sites is 1. The number of ether oxygens (including phenoxy) is 1. The second-order valence-corrected chi connectivity index (χ2v) is 7.23. The molecule has 0 bridgehead atoms. The number of amides is 2. The van der Waals surface area contributed by atoms with Gasteiger partial charge in [-0.2, -0.15) is 0 Å². The second-order valence-electron chi connectivity index (χ2n) is 7.23. The molecule has 2 amide bonds. The molecule has 5 nitrogen and oxygen atoms in total. The summed E-state index contributed by atoms with van der Waals surface area (Å²) in [4.78, 5) is 26.1. The number of rotatable bonds is 8. The summed E-state index contributed by atoms with van der Waals surface area (Å²) in [5.41, 5.74) is 1.38. The lowest BCUT2D eigenvalue weighted by atomic mass is 9.90. The maximum Gasteiger partial charge on any atom is 0.258 e. The summed E-state index contributed by atoms with van der Waals surface area (Å²) in [6.45, 7) is 1.49. The summed E-state index contributed by atoms with van der Waals surface area (Å²) in [7, 11) is 0. The number of benzene rings is 2. The van der Waals surface area contributed by atoms with E-state index in [0.29, 0.717) is 11.7 Å². The Morgan fingerprint density at radius 2 is 1.61 bits per heavy atom. The molecule has 0 aliphatic carbocycles. The van der Waals surface area contributed by atoms with E-state index >= 15 is 0 Å². The lowest BCUT2D eigenvalue weighted by molar-refractivity contribution is -0.134. The number of carbonyl (C=O) groups excluding carboxylic acids is 2. The monoisotopic (exact) mass is 380 g/mol. The van der Waals surface area contributed by atoms with Crippen molar-refractivity contribution in [3.05, 3.63) is 66.2 Å². The van der Waals surface area contributed by atoms with Crippen LogP contribution in [0.25, 0.3) is 0 Å². The van der Waals surface area contributed by atoms with Crippen LogP contribution in [0.15, 0.2) is 60.7 Å². The predicted molar refractivity (Wildman–Crippen MR) is 109 cm³/mol. The largest absolute Gasteiger partial charge is 0.484 e. The molecule has 0 atom stereocenters. The molecule has 0 spiro atoms. The molecule has 148 valence electrons. The predicted octanol–water partition coefficient (Wildman–Crippen LogP) is 3.05. The van der Waals surface area contributed by atoms with Gasteiger partial charge in [0.25, 0.3) is 5.91 Å². The number of hydrogen-bond acceptors (Lipinski definition) is 3. The van der Waals surface area contributed by atoms with Gasteiger partial charge in [-0.05, 0) is 49.3 Å². The summed E-state index contributed by atoms with van der Waals surface area (Å²) in [6.07, 6.45) is 4.32. The van der Waals surface area contributed by atoms with Crippen molar-refractivity contribution in [2.45, 2.75) is 25.7 Å². The number of nitrogens with one attached hydrogen (secondary N) is 1. The first kappa shape index (κ1) is 19.9. The van der Waals surface area contributed by atoms with E-state index in [1.807, 2.05) is 29.2 Å². The van der Waals surface area contributed by atoms with E-state index in [4.69, 9.17) is 4.74 Å². The minimum atomic E-state index is -0.282. The van der Waals surface area contributed by atoms with Crippen LogP contribution >= 0.6 is 0 Å². The quantitative estimate of drug-likeness (QED) is 0.766. The van der Waals surface area contributed by atoms with Gasteiger partial charge < -0.3 is 15.0 Å². The third kappa shape index (κ3) is 6.41. The van der Waals surface area contributed by atoms with Gasteiger partial charge in [0.05, 0.1) is 6.54 Å². The van der Waals surface area contributed by atoms with Gasteiger partial charge in [0.15, 0.2) is 6.61 Å². The Balaban J connectivity index is 1.30. The minimum Gasteiger partial charge on any atom is -0.484 e. The molecule has 2 aromatic carbocycles. The highest BCUT2D eigenvalue weighted by Crippen LogP contribution is 2.22. The Bertz CT molecular complexity index is 741. The van der Waals surface area contributed by atoms with Crippen molar-refractivity contribution in [3.8, 4) is 5.75 Å². The molecule has 0 saturated carbocycles. The first-order chi connectivity index (χ1) is 13.7. The molecule has 2 aromatic rings. The van der Waals surface area contributed by atoms with Crippen molar-refractivity contribution >= 4 is 11.8 Å². The third-order valence-electron chi connectivity index (χ3n) is 5.20. The van der Waals surface area contributed by atoms with Crippen molar-refractivity contribution in [1.29, 1.82) is 0 Å². The van der Waals surface area contributed by atoms with Crippen molar-refractivity contribution in [3.63, 3.8) is 0 Å². The van der Waals surface area contributed by atoms with Gasteiger partial charge in [0.1, 0.15) is 5.75 Å². The molecule has 0 unspecified atom stereocenters. The van der Waals surface area contributed by atoms with Gasteiger partial charge in [-0.25, -0.2) is 0 Å². The second kappa shape index (κ2) is 10.5. The van der Waals surface area contributed by atoms with Crippen LogP contribution in [0.3, 0.4) is 0 Å². The number of aryl methyl sites for hydroxylation is 1. The summed E-state index contributed by atoms with van der Waals surface area (Å²) in [5, 5.41) is 2.65. The highest BCUT2D eigenvalue weighted by molar-refractivity contribution is 5.85. The van der Waals surface area contributed by atoms with Gasteiger partial charge >= 0.3 is 0 Å². The zero-order valence-electron chi connectivity index (χ0n) is 16.2. The Labute approximate surface area is 166 Å². The van der Waals surface area contributed by atoms with E-state index in [2.05, 4.69) is 29.6 Å². The van der Waals surface area contributed by atoms with E-state index in [9.17, 15) is 9.59 Å². The molecule has 28 heavy (non-hydrogen) atoms. The zero-order valence-corrected chi connectivity index (χ0v) is 16.2. The molecule has 5 heteroatoms. The fourth-order valence-electron chi connectivity index (χ4n) is 3.49. The fourth-order valence-corrected chi connectivity index (χ4v) is 3.49. The van der Waals surface area contributed by atoms with E-state index < -0.39 is 0 Å². The Morgan fingerprint density at radius 1 is 0.964 bits per heavy atom. The van der Waals surface area contributed by atoms with Gasteiger partial charge in [0, 0.05) is 13.1 Å². The van der Waals surface area contributed by atoms with E-state index in [-0.39, 0.29) is 25.0 Å². The molecule has 1 fully saturated rings. The van der Waals surface area contributed by atoms with Crippen LogP contribution in [0.1, 0.15) is 24.8 Å². The number of carbonyl (C=O) groups is 2. The number of likely N-dealkylation sites (tertiary alicyclic amines) is 1. The number of nitrogens with zero attached hydrogens (tertiary/aromatic N) is 1. The van der Waals surface area contributed by atoms with E-state index in [1.54, 1.807) is 12.1 Å². The van der Waals surface area contributed by atoms with Gasteiger partial charge in [-0.15, -0.1) is 0 Å². The Kier molecular flexibility index (Phi) is 7.47. The van der Waals surface area contributed by atoms with Crippen molar-refractivity contribution in [1.82, 2.24) is 10.2 Å². The van der Waals surface area contributed by atoms with Crippen LogP contribution in [0.4, 0.5) is 0 Å². The Hall–Kier alpha value is -2.82. The van der Waals surface area contributed by atoms with E-state index in [1.165, 1.54) is 12.0 Å². The molecule has 1 aliphatic heterocycles. The van der Waals surface area contributed by atoms with Crippen LogP contribution in [0.5, 0.6) is 5.75 Å². The number of hydrogen-bond donors (Lipinski definition) is 1. The molecule has 0 radical (unpaired) electrons. The smallest absolute Gasteiger partial charge is 0.258 e. The SMILES string of the molecule is O=C(COc1ccccc1)NCC(=O)N1CCC(CCc2ccccc2)CC1. The van der Waals surface area contributed by atoms with Crippen LogP contribution in [0, 0.1) is 5.92 Å². The Morgan fingerprint density at radius 3 is 2.29 bits per heavy atom. The number of piperidine rings is 1. The third-order valence-corrected chi connectivity index (χ3v) is 5.20. The normalized spacial score (nSPS) is 14.5. The van der Waals surface area contributed by atoms with Crippen LogP contribution < -0.4 is 10.1 Å². The van der Waals surface area contributed by atoms with Crippen LogP contribution in [-0.2, 0) is 16.0 Å². The summed E-state index contributed by atoms with van der Waals surface area (Å²) >= 11 is 0. The van der Waals surface area contributed by atoms with Gasteiger partial charge in [0.2, 0.25) is 5.91 Å². The average Bonchev–Trinajstić information content (AvgIpc) is 2.76. The summed E-state index contributed by atoms with van der Waals surface area (Å²) in [6, 6.07) is 19.7. The highest BCUT2D eigenvalue weighted by Gasteiger charge is 2.22. The van der Waals surface area contributed by atoms with E-state index in [0.717, 1.165) is 32.4 Å². The summed E-state index contributed by atoms with van der Waals surface area (Å²) in [5.74, 6) is 1.00. The standard InChI is InChI=1S/C23H28N2O3/c26-22(18-28-21-9-5-2-6-10-21)24-17-23(27)25-15-13-20(14-16-25)12-11-19-7-3-1-4-8-19/h1-10,20H,11-18H2,(H,24,26). The molecular weight excluding hydrogens is 352 g/mol.